The number of rotatable bonds is 4. The summed E-state index contributed by atoms with van der Waals surface area (Å²) in [5, 5.41) is 2.87. The third kappa shape index (κ3) is 3.96. The third-order valence-electron chi connectivity index (χ3n) is 4.05. The molecule has 1 atom stereocenters. The zero-order valence-corrected chi connectivity index (χ0v) is 15.0. The van der Waals surface area contributed by atoms with Gasteiger partial charge in [0.15, 0.2) is 0 Å². The number of amides is 2. The number of benzene rings is 2. The van der Waals surface area contributed by atoms with E-state index in [0.717, 1.165) is 16.3 Å². The molecule has 2 aromatic rings. The van der Waals surface area contributed by atoms with Crippen molar-refractivity contribution in [2.75, 3.05) is 23.1 Å². The maximum atomic E-state index is 12.9. The largest absolute Gasteiger partial charge is 0.497 e. The van der Waals surface area contributed by atoms with E-state index in [1.54, 1.807) is 12.0 Å². The first-order chi connectivity index (χ1) is 12.1. The number of carbonyl (C=O) groups is 2. The smallest absolute Gasteiger partial charge is 0.237 e. The molecule has 1 N–H and O–H groups in total. The number of nitrogens with one attached hydrogen (secondary N) is 1. The van der Waals surface area contributed by atoms with E-state index in [-0.39, 0.29) is 24.3 Å². The molecule has 0 spiro atoms. The Hall–Kier alpha value is -2.47. The van der Waals surface area contributed by atoms with Crippen molar-refractivity contribution in [2.45, 2.75) is 24.3 Å². The standard InChI is InChI=1S/C19H20N2O3S/c1-13-11-18(22)20-16-5-3-4-6-17(16)21(13)19(23)12-25-15-9-7-14(24-2)8-10-15/h3-10,13H,11-12H2,1-2H3,(H,20,22)/t13-/m1/s1. The molecule has 25 heavy (non-hydrogen) atoms. The molecule has 0 saturated heterocycles. The molecule has 130 valence electrons. The van der Waals surface area contributed by atoms with Crippen LogP contribution >= 0.6 is 11.8 Å². The van der Waals surface area contributed by atoms with E-state index in [4.69, 9.17) is 4.74 Å². The van der Waals surface area contributed by atoms with E-state index in [9.17, 15) is 9.59 Å². The molecule has 6 heteroatoms. The first-order valence-corrected chi connectivity index (χ1v) is 9.05. The van der Waals surface area contributed by atoms with Crippen LogP contribution in [0.2, 0.25) is 0 Å². The Morgan fingerprint density at radius 1 is 1.24 bits per heavy atom. The van der Waals surface area contributed by atoms with Gasteiger partial charge in [0.1, 0.15) is 5.75 Å². The molecule has 0 aliphatic carbocycles. The average molecular weight is 356 g/mol. The van der Waals surface area contributed by atoms with Crippen LogP contribution in [-0.2, 0) is 9.59 Å². The fourth-order valence-corrected chi connectivity index (χ4v) is 3.61. The first-order valence-electron chi connectivity index (χ1n) is 8.06. The summed E-state index contributed by atoms with van der Waals surface area (Å²) in [4.78, 5) is 27.6. The molecule has 1 aliphatic heterocycles. The van der Waals surface area contributed by atoms with Crippen LogP contribution in [0.3, 0.4) is 0 Å². The molecule has 3 rings (SSSR count). The fourth-order valence-electron chi connectivity index (χ4n) is 2.85. The molecular formula is C19H20N2O3S. The zero-order valence-electron chi connectivity index (χ0n) is 14.2. The predicted octanol–water partition coefficient (Wildman–Crippen LogP) is 3.55. The van der Waals surface area contributed by atoms with Crippen LogP contribution in [0.5, 0.6) is 5.75 Å². The third-order valence-corrected chi connectivity index (χ3v) is 5.05. The van der Waals surface area contributed by atoms with Gasteiger partial charge < -0.3 is 15.0 Å². The molecule has 0 saturated carbocycles. The van der Waals surface area contributed by atoms with Gasteiger partial charge >= 0.3 is 0 Å². The first kappa shape index (κ1) is 17.4. The number of fused-ring (bicyclic) bond motifs is 1. The molecule has 0 aromatic heterocycles. The van der Waals surface area contributed by atoms with Crippen LogP contribution in [0.25, 0.3) is 0 Å². The minimum atomic E-state index is -0.187. The van der Waals surface area contributed by atoms with E-state index >= 15 is 0 Å². The summed E-state index contributed by atoms with van der Waals surface area (Å²) in [7, 11) is 1.62. The molecular weight excluding hydrogens is 336 g/mol. The highest BCUT2D eigenvalue weighted by atomic mass is 32.2. The fraction of sp³-hybridized carbons (Fsp3) is 0.263. The molecule has 1 aliphatic rings. The van der Waals surface area contributed by atoms with Gasteiger partial charge in [0.25, 0.3) is 0 Å². The Bertz CT molecular complexity index is 776. The lowest BCUT2D eigenvalue weighted by Gasteiger charge is -2.27. The molecule has 1 heterocycles. The van der Waals surface area contributed by atoms with Crippen molar-refractivity contribution >= 4 is 35.0 Å². The number of thioether (sulfide) groups is 1. The number of carbonyl (C=O) groups excluding carboxylic acids is 2. The minimum Gasteiger partial charge on any atom is -0.497 e. The second kappa shape index (κ2) is 7.61. The molecule has 0 bridgehead atoms. The van der Waals surface area contributed by atoms with Gasteiger partial charge in [0, 0.05) is 17.4 Å². The highest BCUT2D eigenvalue weighted by molar-refractivity contribution is 8.00. The number of nitrogens with zero attached hydrogens (tertiary/aromatic N) is 1. The highest BCUT2D eigenvalue weighted by Crippen LogP contribution is 2.32. The Kier molecular flexibility index (Phi) is 5.28. The zero-order chi connectivity index (χ0) is 17.8. The number of para-hydroxylation sites is 2. The lowest BCUT2D eigenvalue weighted by molar-refractivity contribution is -0.117. The Morgan fingerprint density at radius 3 is 2.68 bits per heavy atom. The van der Waals surface area contributed by atoms with Crippen molar-refractivity contribution in [3.05, 3.63) is 48.5 Å². The van der Waals surface area contributed by atoms with Gasteiger partial charge in [0.2, 0.25) is 11.8 Å². The summed E-state index contributed by atoms with van der Waals surface area (Å²) in [6.07, 6.45) is 0.285. The van der Waals surface area contributed by atoms with Crippen LogP contribution in [0, 0.1) is 0 Å². The normalized spacial score (nSPS) is 16.6. The highest BCUT2D eigenvalue weighted by Gasteiger charge is 2.29. The van der Waals surface area contributed by atoms with Gasteiger partial charge in [-0.15, -0.1) is 11.8 Å². The van der Waals surface area contributed by atoms with Crippen LogP contribution < -0.4 is 15.0 Å². The molecule has 0 unspecified atom stereocenters. The second-order valence-electron chi connectivity index (χ2n) is 5.85. The van der Waals surface area contributed by atoms with E-state index in [1.807, 2.05) is 55.5 Å². The summed E-state index contributed by atoms with van der Waals surface area (Å²) in [6.45, 7) is 1.90. The molecule has 5 nitrogen and oxygen atoms in total. The minimum absolute atomic E-state index is 0.0164. The van der Waals surface area contributed by atoms with Gasteiger partial charge in [0.05, 0.1) is 24.2 Å². The predicted molar refractivity (Wildman–Crippen MR) is 100 cm³/mol. The quantitative estimate of drug-likeness (QED) is 0.851. The summed E-state index contributed by atoms with van der Waals surface area (Å²) >= 11 is 1.47. The van der Waals surface area contributed by atoms with Crippen molar-refractivity contribution in [3.63, 3.8) is 0 Å². The van der Waals surface area contributed by atoms with Crippen LogP contribution in [0.1, 0.15) is 13.3 Å². The number of hydrogen-bond acceptors (Lipinski definition) is 4. The lowest BCUT2D eigenvalue weighted by atomic mass is 10.2. The van der Waals surface area contributed by atoms with Crippen molar-refractivity contribution in [2.24, 2.45) is 0 Å². The van der Waals surface area contributed by atoms with Gasteiger partial charge in [-0.25, -0.2) is 0 Å². The van der Waals surface area contributed by atoms with Crippen molar-refractivity contribution in [3.8, 4) is 5.75 Å². The van der Waals surface area contributed by atoms with Crippen molar-refractivity contribution in [1.29, 1.82) is 0 Å². The van der Waals surface area contributed by atoms with Gasteiger partial charge in [-0.05, 0) is 43.3 Å². The monoisotopic (exact) mass is 356 g/mol. The SMILES string of the molecule is COc1ccc(SCC(=O)N2c3ccccc3NC(=O)C[C@H]2C)cc1. The number of methoxy groups -OCH3 is 1. The van der Waals surface area contributed by atoms with E-state index in [0.29, 0.717) is 11.4 Å². The summed E-state index contributed by atoms with van der Waals surface area (Å²) < 4.78 is 5.14. The van der Waals surface area contributed by atoms with Crippen LogP contribution in [0.15, 0.2) is 53.4 Å². The number of hydrogen-bond donors (Lipinski definition) is 1. The molecule has 2 amide bonds. The van der Waals surface area contributed by atoms with E-state index in [2.05, 4.69) is 5.32 Å². The topological polar surface area (TPSA) is 58.6 Å². The maximum absolute atomic E-state index is 12.9. The summed E-state index contributed by atoms with van der Waals surface area (Å²) in [6, 6.07) is 14.8. The summed E-state index contributed by atoms with van der Waals surface area (Å²) in [5.41, 5.74) is 1.43. The van der Waals surface area contributed by atoms with Gasteiger partial charge in [-0.1, -0.05) is 12.1 Å². The van der Waals surface area contributed by atoms with Crippen molar-refractivity contribution in [1.82, 2.24) is 0 Å². The maximum Gasteiger partial charge on any atom is 0.237 e. The molecule has 2 aromatic carbocycles. The molecule has 0 fully saturated rings. The Balaban J connectivity index is 1.76. The van der Waals surface area contributed by atoms with Crippen molar-refractivity contribution < 1.29 is 14.3 Å². The average Bonchev–Trinajstić information content (AvgIpc) is 2.74. The summed E-state index contributed by atoms with van der Waals surface area (Å²) in [5.74, 6) is 1.00. The lowest BCUT2D eigenvalue weighted by Crippen LogP contribution is -2.40. The van der Waals surface area contributed by atoms with Crippen LogP contribution in [-0.4, -0.2) is 30.7 Å². The van der Waals surface area contributed by atoms with E-state index < -0.39 is 0 Å². The molecule has 0 radical (unpaired) electrons. The van der Waals surface area contributed by atoms with Crippen LogP contribution in [0.4, 0.5) is 11.4 Å². The Labute approximate surface area is 151 Å². The number of ether oxygens (including phenoxy) is 1. The second-order valence-corrected chi connectivity index (χ2v) is 6.90. The van der Waals surface area contributed by atoms with Gasteiger partial charge in [-0.2, -0.15) is 0 Å². The van der Waals surface area contributed by atoms with Gasteiger partial charge in [-0.3, -0.25) is 9.59 Å². The van der Waals surface area contributed by atoms with E-state index in [1.165, 1.54) is 11.8 Å². The number of anilines is 2. The Morgan fingerprint density at radius 2 is 1.96 bits per heavy atom.